The van der Waals surface area contributed by atoms with Crippen molar-refractivity contribution in [2.75, 3.05) is 46.8 Å². The largest absolute Gasteiger partial charge is 0.347 e. The van der Waals surface area contributed by atoms with Gasteiger partial charge >= 0.3 is 0 Å². The number of rotatable bonds is 3. The van der Waals surface area contributed by atoms with Gasteiger partial charge in [-0.15, -0.1) is 11.8 Å². The fourth-order valence-corrected chi connectivity index (χ4v) is 2.11. The summed E-state index contributed by atoms with van der Waals surface area (Å²) in [5, 5.41) is 0. The van der Waals surface area contributed by atoms with Gasteiger partial charge in [-0.25, -0.2) is 0 Å². The molecule has 19 heavy (non-hydrogen) atoms. The second kappa shape index (κ2) is 7.84. The van der Waals surface area contributed by atoms with Crippen molar-refractivity contribution < 1.29 is 4.79 Å². The zero-order valence-electron chi connectivity index (χ0n) is 12.4. The molecular weight excluding hydrogens is 238 g/mol. The molecule has 0 N–H and O–H groups in total. The summed E-state index contributed by atoms with van der Waals surface area (Å²) in [6, 6.07) is -0.108. The number of nitrogens with zero attached hydrogens (tertiary/aromatic N) is 3. The van der Waals surface area contributed by atoms with E-state index in [1.807, 2.05) is 13.8 Å². The summed E-state index contributed by atoms with van der Waals surface area (Å²) in [6.07, 6.45) is 0. The zero-order chi connectivity index (χ0) is 14.3. The van der Waals surface area contributed by atoms with E-state index in [1.54, 1.807) is 19.0 Å². The molecule has 1 saturated heterocycles. The predicted molar refractivity (Wildman–Crippen MR) is 77.4 cm³/mol. The quantitative estimate of drug-likeness (QED) is 0.675. The van der Waals surface area contributed by atoms with E-state index < -0.39 is 0 Å². The Labute approximate surface area is 116 Å². The highest BCUT2D eigenvalue weighted by molar-refractivity contribution is 5.81. The Morgan fingerprint density at radius 2 is 1.79 bits per heavy atom. The first-order valence-electron chi connectivity index (χ1n) is 6.57. The molecule has 104 valence electrons. The Kier molecular flexibility index (Phi) is 6.42. The van der Waals surface area contributed by atoms with E-state index >= 15 is 0 Å². The summed E-state index contributed by atoms with van der Waals surface area (Å²) in [7, 11) is 3.60. The molecule has 1 unspecified atom stereocenters. The summed E-state index contributed by atoms with van der Waals surface area (Å²) in [5.74, 6) is 12.1. The number of amides is 1. The van der Waals surface area contributed by atoms with E-state index in [9.17, 15) is 4.79 Å². The summed E-state index contributed by atoms with van der Waals surface area (Å²) in [4.78, 5) is 18.3. The van der Waals surface area contributed by atoms with Gasteiger partial charge in [0, 0.05) is 33.7 Å². The molecule has 1 heterocycles. The Morgan fingerprint density at radius 1 is 1.16 bits per heavy atom. The minimum Gasteiger partial charge on any atom is -0.347 e. The minimum atomic E-state index is -0.108. The molecule has 0 aromatic carbocycles. The second-order valence-corrected chi connectivity index (χ2v) is 4.81. The van der Waals surface area contributed by atoms with E-state index in [0.29, 0.717) is 6.54 Å². The van der Waals surface area contributed by atoms with Crippen LogP contribution < -0.4 is 0 Å². The molecule has 0 aromatic heterocycles. The van der Waals surface area contributed by atoms with Crippen molar-refractivity contribution >= 4 is 5.91 Å². The molecule has 1 fully saturated rings. The Balaban J connectivity index is 2.74. The van der Waals surface area contributed by atoms with Crippen LogP contribution >= 0.6 is 0 Å². The molecule has 0 saturated carbocycles. The van der Waals surface area contributed by atoms with Gasteiger partial charge in [0.1, 0.15) is 6.04 Å². The van der Waals surface area contributed by atoms with Crippen molar-refractivity contribution in [1.82, 2.24) is 14.7 Å². The fourth-order valence-electron chi connectivity index (χ4n) is 2.11. The second-order valence-electron chi connectivity index (χ2n) is 4.81. The van der Waals surface area contributed by atoms with Crippen molar-refractivity contribution in [3.63, 3.8) is 0 Å². The molecule has 0 aliphatic carbocycles. The number of piperazine rings is 1. The van der Waals surface area contributed by atoms with Gasteiger partial charge in [-0.2, -0.15) is 0 Å². The maximum atomic E-state index is 12.3. The van der Waals surface area contributed by atoms with Crippen LogP contribution in [0.3, 0.4) is 0 Å². The molecule has 4 nitrogen and oxygen atoms in total. The van der Waals surface area contributed by atoms with Crippen LogP contribution in [0.2, 0.25) is 0 Å². The van der Waals surface area contributed by atoms with E-state index in [-0.39, 0.29) is 11.9 Å². The Hall–Kier alpha value is -1.49. The lowest BCUT2D eigenvalue weighted by atomic mass is 10.1. The van der Waals surface area contributed by atoms with Gasteiger partial charge < -0.3 is 4.90 Å². The normalized spacial score (nSPS) is 19.9. The number of hydrogen-bond donors (Lipinski definition) is 0. The molecule has 0 radical (unpaired) electrons. The molecule has 1 rings (SSSR count). The third kappa shape index (κ3) is 4.59. The molecule has 0 spiro atoms. The Bertz CT molecular complexity index is 422. The van der Waals surface area contributed by atoms with Gasteiger partial charge in [-0.1, -0.05) is 11.8 Å². The molecule has 1 aliphatic heterocycles. The van der Waals surface area contributed by atoms with Crippen LogP contribution in [-0.2, 0) is 4.79 Å². The molecule has 0 aromatic rings. The number of carbonyl (C=O) groups excluding carboxylic acids is 1. The van der Waals surface area contributed by atoms with Crippen LogP contribution in [0.1, 0.15) is 13.8 Å². The maximum Gasteiger partial charge on any atom is 0.240 e. The highest BCUT2D eigenvalue weighted by atomic mass is 16.2. The first kappa shape index (κ1) is 15.6. The van der Waals surface area contributed by atoms with E-state index in [2.05, 4.69) is 33.5 Å². The number of likely N-dealkylation sites (N-methyl/N-ethyl adjacent to an activating group) is 1. The summed E-state index contributed by atoms with van der Waals surface area (Å²) in [5.41, 5.74) is 0. The van der Waals surface area contributed by atoms with Gasteiger partial charge in [0.05, 0.1) is 13.1 Å². The topological polar surface area (TPSA) is 26.8 Å². The maximum absolute atomic E-state index is 12.3. The van der Waals surface area contributed by atoms with E-state index in [0.717, 1.165) is 26.2 Å². The summed E-state index contributed by atoms with van der Waals surface area (Å²) < 4.78 is 0. The molecule has 4 heteroatoms. The Morgan fingerprint density at radius 3 is 2.37 bits per heavy atom. The van der Waals surface area contributed by atoms with Gasteiger partial charge in [0.25, 0.3) is 0 Å². The lowest BCUT2D eigenvalue weighted by molar-refractivity contribution is -0.136. The minimum absolute atomic E-state index is 0.108. The number of carbonyl (C=O) groups is 1. The number of hydrogen-bond acceptors (Lipinski definition) is 3. The highest BCUT2D eigenvalue weighted by Crippen LogP contribution is 2.11. The molecule has 0 bridgehead atoms. The standard InChI is InChI=1S/C15H23N3O/c1-5-7-9-17-11-12-18(10-8-6-2)14(13-17)15(19)16(3)4/h14H,9-13H2,1-4H3. The SMILES string of the molecule is CC#CCN1CCN(CC#CC)C(C(=O)N(C)C)C1. The summed E-state index contributed by atoms with van der Waals surface area (Å²) >= 11 is 0. The summed E-state index contributed by atoms with van der Waals surface area (Å²) in [6.45, 7) is 7.61. The fraction of sp³-hybridized carbons (Fsp3) is 0.667. The van der Waals surface area contributed by atoms with E-state index in [4.69, 9.17) is 0 Å². The zero-order valence-corrected chi connectivity index (χ0v) is 12.4. The monoisotopic (exact) mass is 261 g/mol. The molecular formula is C15H23N3O. The average molecular weight is 261 g/mol. The van der Waals surface area contributed by atoms with Crippen LogP contribution in [-0.4, -0.2) is 73.5 Å². The lowest BCUT2D eigenvalue weighted by Crippen LogP contribution is -2.58. The van der Waals surface area contributed by atoms with Gasteiger partial charge in [-0.05, 0) is 13.8 Å². The van der Waals surface area contributed by atoms with Crippen molar-refractivity contribution in [3.05, 3.63) is 0 Å². The average Bonchev–Trinajstić information content (AvgIpc) is 2.42. The van der Waals surface area contributed by atoms with Crippen LogP contribution in [0.4, 0.5) is 0 Å². The van der Waals surface area contributed by atoms with Crippen molar-refractivity contribution in [2.45, 2.75) is 19.9 Å². The van der Waals surface area contributed by atoms with Gasteiger partial charge in [0.15, 0.2) is 0 Å². The molecule has 1 aliphatic rings. The third-order valence-corrected chi connectivity index (χ3v) is 3.24. The first-order chi connectivity index (χ1) is 9.10. The molecule has 1 atom stereocenters. The first-order valence-corrected chi connectivity index (χ1v) is 6.57. The molecule has 1 amide bonds. The van der Waals surface area contributed by atoms with Crippen LogP contribution in [0.5, 0.6) is 0 Å². The van der Waals surface area contributed by atoms with Crippen LogP contribution in [0.15, 0.2) is 0 Å². The van der Waals surface area contributed by atoms with Crippen LogP contribution in [0.25, 0.3) is 0 Å². The van der Waals surface area contributed by atoms with E-state index in [1.165, 1.54) is 0 Å². The smallest absolute Gasteiger partial charge is 0.240 e. The van der Waals surface area contributed by atoms with Crippen molar-refractivity contribution in [2.24, 2.45) is 0 Å². The van der Waals surface area contributed by atoms with Crippen LogP contribution in [0, 0.1) is 23.7 Å². The van der Waals surface area contributed by atoms with Gasteiger partial charge in [-0.3, -0.25) is 14.6 Å². The third-order valence-electron chi connectivity index (χ3n) is 3.24. The van der Waals surface area contributed by atoms with Crippen molar-refractivity contribution in [1.29, 1.82) is 0 Å². The lowest BCUT2D eigenvalue weighted by Gasteiger charge is -2.39. The predicted octanol–water partition coefficient (Wildman–Crippen LogP) is 0.107. The van der Waals surface area contributed by atoms with Gasteiger partial charge in [0.2, 0.25) is 5.91 Å². The highest BCUT2D eigenvalue weighted by Gasteiger charge is 2.32. The van der Waals surface area contributed by atoms with Crippen molar-refractivity contribution in [3.8, 4) is 23.7 Å².